The molecule has 18 heteroatoms. The molecule has 1 aliphatic rings. The summed E-state index contributed by atoms with van der Waals surface area (Å²) in [4.78, 5) is 34.6. The summed E-state index contributed by atoms with van der Waals surface area (Å²) in [6.07, 6.45) is -2.89. The van der Waals surface area contributed by atoms with Crippen molar-refractivity contribution in [2.24, 2.45) is 0 Å². The fourth-order valence-corrected chi connectivity index (χ4v) is 5.33. The number of aliphatic carboxylic acids is 2. The number of methoxy groups -OCH3 is 1. The van der Waals surface area contributed by atoms with Crippen molar-refractivity contribution in [2.75, 3.05) is 19.5 Å². The molecule has 2 aromatic rings. The van der Waals surface area contributed by atoms with Crippen molar-refractivity contribution < 1.29 is 48.6 Å². The molecule has 3 rings (SSSR count). The molecular weight excluding hydrogens is 505 g/mol. The van der Waals surface area contributed by atoms with E-state index < -0.39 is 62.3 Å². The van der Waals surface area contributed by atoms with Gasteiger partial charge >= 0.3 is 19.6 Å². The van der Waals surface area contributed by atoms with E-state index in [-0.39, 0.29) is 23.0 Å². The normalized spacial score (nSPS) is 27.4. The highest BCUT2D eigenvalue weighted by Gasteiger charge is 2.54. The van der Waals surface area contributed by atoms with Crippen LogP contribution >= 0.6 is 7.67 Å². The number of carbonyl (C=O) groups is 2. The van der Waals surface area contributed by atoms with Crippen LogP contribution < -0.4 is 20.6 Å². The molecule has 200 valence electrons. The van der Waals surface area contributed by atoms with Crippen LogP contribution in [0.25, 0.3) is 11.2 Å². The molecule has 1 saturated heterocycles. The Balaban J connectivity index is 1.86. The van der Waals surface area contributed by atoms with E-state index in [9.17, 15) is 24.4 Å². The second-order valence-electron chi connectivity index (χ2n) is 8.34. The quantitative estimate of drug-likeness (QED) is 0.165. The molecule has 36 heavy (non-hydrogen) atoms. The highest BCUT2D eigenvalue weighted by Crippen LogP contribution is 2.44. The Morgan fingerprint density at radius 3 is 2.39 bits per heavy atom. The van der Waals surface area contributed by atoms with Gasteiger partial charge in [0.15, 0.2) is 17.4 Å². The third kappa shape index (κ3) is 5.41. The van der Waals surface area contributed by atoms with Gasteiger partial charge in [-0.1, -0.05) is 0 Å². The van der Waals surface area contributed by atoms with Crippen LogP contribution in [0.3, 0.4) is 0 Å². The molecule has 0 amide bonds. The average molecular weight is 533 g/mol. The van der Waals surface area contributed by atoms with Gasteiger partial charge in [0.05, 0.1) is 20.0 Å². The van der Waals surface area contributed by atoms with E-state index >= 15 is 0 Å². The van der Waals surface area contributed by atoms with Crippen LogP contribution in [0.2, 0.25) is 0 Å². The first-order chi connectivity index (χ1) is 16.7. The molecule has 0 bridgehead atoms. The third-order valence-electron chi connectivity index (χ3n) is 5.50. The number of aliphatic hydroxyl groups is 2. The van der Waals surface area contributed by atoms with Crippen molar-refractivity contribution >= 4 is 36.7 Å². The largest absolute Gasteiger partial charge is 0.480 e. The van der Waals surface area contributed by atoms with Gasteiger partial charge < -0.3 is 40.2 Å². The summed E-state index contributed by atoms with van der Waals surface area (Å²) in [5, 5.41) is 44.5. The van der Waals surface area contributed by atoms with Gasteiger partial charge in [-0.05, 0) is 20.8 Å². The lowest BCUT2D eigenvalue weighted by Crippen LogP contribution is -2.45. The number of carboxylic acids is 2. The number of nitrogen functional groups attached to an aromatic ring is 1. The number of fused-ring (bicyclic) bond motifs is 1. The third-order valence-corrected chi connectivity index (χ3v) is 7.46. The van der Waals surface area contributed by atoms with E-state index in [2.05, 4.69) is 25.1 Å². The second-order valence-corrected chi connectivity index (χ2v) is 10.2. The zero-order chi connectivity index (χ0) is 27.0. The van der Waals surface area contributed by atoms with Gasteiger partial charge in [-0.2, -0.15) is 9.97 Å². The predicted octanol–water partition coefficient (Wildman–Crippen LogP) is -1.32. The molecular formula is C18H28N7O10P. The number of nitrogens with one attached hydrogen (secondary N) is 2. The summed E-state index contributed by atoms with van der Waals surface area (Å²) < 4.78 is 30.8. The second kappa shape index (κ2) is 10.2. The van der Waals surface area contributed by atoms with E-state index in [1.54, 1.807) is 0 Å². The van der Waals surface area contributed by atoms with Gasteiger partial charge in [0.2, 0.25) is 11.8 Å². The monoisotopic (exact) mass is 533 g/mol. The minimum atomic E-state index is -4.30. The van der Waals surface area contributed by atoms with Crippen LogP contribution in [0, 0.1) is 0 Å². The summed E-state index contributed by atoms with van der Waals surface area (Å²) in [6, 6.07) is -2.76. The van der Waals surface area contributed by atoms with Crippen molar-refractivity contribution in [1.82, 2.24) is 29.7 Å². The lowest BCUT2D eigenvalue weighted by molar-refractivity contribution is -0.139. The van der Waals surface area contributed by atoms with E-state index in [1.165, 1.54) is 38.8 Å². The maximum atomic E-state index is 13.2. The Kier molecular flexibility index (Phi) is 7.85. The van der Waals surface area contributed by atoms with Gasteiger partial charge in [0, 0.05) is 0 Å². The molecule has 0 spiro atoms. The first-order valence-corrected chi connectivity index (χ1v) is 12.2. The van der Waals surface area contributed by atoms with Crippen LogP contribution in [0.15, 0.2) is 6.33 Å². The summed E-state index contributed by atoms with van der Waals surface area (Å²) >= 11 is 0. The number of aromatic nitrogens is 4. The zero-order valence-electron chi connectivity index (χ0n) is 19.7. The van der Waals surface area contributed by atoms with E-state index in [0.717, 1.165) is 0 Å². The lowest BCUT2D eigenvalue weighted by Gasteiger charge is -2.27. The van der Waals surface area contributed by atoms with E-state index in [0.29, 0.717) is 0 Å². The number of aliphatic hydroxyl groups excluding tert-OH is 1. The Bertz CT molecular complexity index is 1160. The minimum Gasteiger partial charge on any atom is -0.480 e. The molecule has 0 saturated carbocycles. The highest BCUT2D eigenvalue weighted by molar-refractivity contribution is 7.54. The molecule has 0 aliphatic carbocycles. The molecule has 1 fully saturated rings. The van der Waals surface area contributed by atoms with Gasteiger partial charge in [0.1, 0.15) is 29.9 Å². The zero-order valence-corrected chi connectivity index (χ0v) is 20.6. The number of nitrogens with zero attached hydrogens (tertiary/aromatic N) is 4. The molecule has 2 unspecified atom stereocenters. The molecule has 0 aromatic carbocycles. The van der Waals surface area contributed by atoms with Crippen LogP contribution in [-0.4, -0.2) is 95.5 Å². The number of anilines is 1. The van der Waals surface area contributed by atoms with Gasteiger partial charge in [-0.15, -0.1) is 0 Å². The van der Waals surface area contributed by atoms with Crippen molar-refractivity contribution in [2.45, 2.75) is 56.9 Å². The van der Waals surface area contributed by atoms with Crippen molar-refractivity contribution in [3.63, 3.8) is 0 Å². The first kappa shape index (κ1) is 27.7. The molecule has 6 atom stereocenters. The van der Waals surface area contributed by atoms with Gasteiger partial charge in [-0.25, -0.2) is 15.2 Å². The smallest absolute Gasteiger partial charge is 0.342 e. The number of imidazole rings is 1. The SMILES string of the molecule is COc1nc(N)nc2c1ncn2[C@@H]1O[C@H](COP(=O)(NC(C)C(=O)O)NC(C)C(=O)O)[C@@H](O)[C@@]1(C)O. The number of ether oxygens (including phenoxy) is 2. The molecule has 17 nitrogen and oxygen atoms in total. The summed E-state index contributed by atoms with van der Waals surface area (Å²) in [6.45, 7) is 3.01. The molecule has 0 radical (unpaired) electrons. The maximum absolute atomic E-state index is 13.2. The van der Waals surface area contributed by atoms with Crippen molar-refractivity contribution in [3.8, 4) is 5.88 Å². The maximum Gasteiger partial charge on any atom is 0.342 e. The number of rotatable bonds is 11. The Morgan fingerprint density at radius 2 is 1.86 bits per heavy atom. The van der Waals surface area contributed by atoms with Crippen LogP contribution in [-0.2, 0) is 23.4 Å². The van der Waals surface area contributed by atoms with Crippen molar-refractivity contribution in [1.29, 1.82) is 0 Å². The van der Waals surface area contributed by atoms with Crippen LogP contribution in [0.5, 0.6) is 5.88 Å². The summed E-state index contributed by atoms with van der Waals surface area (Å²) in [7, 11) is -2.95. The van der Waals surface area contributed by atoms with Crippen LogP contribution in [0.1, 0.15) is 27.0 Å². The predicted molar refractivity (Wildman–Crippen MR) is 121 cm³/mol. The van der Waals surface area contributed by atoms with Gasteiger partial charge in [-0.3, -0.25) is 18.7 Å². The fraction of sp³-hybridized carbons (Fsp3) is 0.611. The minimum absolute atomic E-state index is 0.0764. The Hall–Kier alpha value is -2.92. The topological polar surface area (TPSA) is 253 Å². The van der Waals surface area contributed by atoms with E-state index in [1.807, 2.05) is 0 Å². The summed E-state index contributed by atoms with van der Waals surface area (Å²) in [5.74, 6) is -2.80. The highest BCUT2D eigenvalue weighted by atomic mass is 31.2. The number of hydrogen-bond donors (Lipinski definition) is 7. The standard InChI is InChI=1S/C18H28N7O10P/c1-7(14(27)28)23-36(32,24-8(2)15(29)30)34-5-9-11(26)18(3,31)16(35-9)25-6-20-10-12(25)21-17(19)22-13(10)33-4/h6-9,11,16,26,31H,5H2,1-4H3,(H,27,28)(H,29,30)(H2,19,21,22)(H2,23,24,32)/t7?,8?,9-,11-,16-,18-,36?/m1/s1. The first-order valence-electron chi connectivity index (χ1n) is 10.6. The van der Waals surface area contributed by atoms with Gasteiger partial charge in [0.25, 0.3) is 0 Å². The Morgan fingerprint density at radius 1 is 1.28 bits per heavy atom. The number of nitrogens with two attached hydrogens (primary N) is 1. The Labute approximate surface area is 204 Å². The molecule has 8 N–H and O–H groups in total. The number of carboxylic acid groups (broad SMARTS) is 2. The van der Waals surface area contributed by atoms with Crippen molar-refractivity contribution in [3.05, 3.63) is 6.33 Å². The lowest BCUT2D eigenvalue weighted by atomic mass is 9.96. The van der Waals surface area contributed by atoms with E-state index in [4.69, 9.17) is 29.9 Å². The average Bonchev–Trinajstić information content (AvgIpc) is 3.29. The number of hydrogen-bond acceptors (Lipinski definition) is 12. The molecule has 1 aliphatic heterocycles. The molecule has 3 heterocycles. The fourth-order valence-electron chi connectivity index (χ4n) is 3.51. The summed E-state index contributed by atoms with van der Waals surface area (Å²) in [5.41, 5.74) is 4.13. The molecule has 2 aromatic heterocycles. The van der Waals surface area contributed by atoms with Crippen LogP contribution in [0.4, 0.5) is 5.95 Å².